The summed E-state index contributed by atoms with van der Waals surface area (Å²) < 4.78 is 1.72. The number of hydrogen-bond acceptors (Lipinski definition) is 4. The molecule has 0 aliphatic carbocycles. The van der Waals surface area contributed by atoms with E-state index in [-0.39, 0.29) is 5.91 Å². The molecule has 0 bridgehead atoms. The Labute approximate surface area is 179 Å². The first-order valence-electron chi connectivity index (χ1n) is 9.98. The molecule has 6 nitrogen and oxygen atoms in total. The van der Waals surface area contributed by atoms with Gasteiger partial charge < -0.3 is 5.32 Å². The number of carbonyl (C=O) groups is 1. The molecule has 0 atom stereocenters. The quantitative estimate of drug-likeness (QED) is 0.471. The van der Waals surface area contributed by atoms with Crippen LogP contribution in [0.15, 0.2) is 97.2 Å². The van der Waals surface area contributed by atoms with Crippen LogP contribution in [-0.4, -0.2) is 25.5 Å². The number of pyridine rings is 1. The van der Waals surface area contributed by atoms with E-state index in [0.717, 1.165) is 28.2 Å². The van der Waals surface area contributed by atoms with Gasteiger partial charge in [-0.2, -0.15) is 5.10 Å². The smallest absolute Gasteiger partial charge is 0.272 e. The average molecular weight is 405 g/mol. The number of hydrogen-bond donors (Lipinski definition) is 1. The molecule has 0 unspecified atom stereocenters. The van der Waals surface area contributed by atoms with Gasteiger partial charge in [0.2, 0.25) is 0 Å². The molecule has 0 aliphatic rings. The lowest BCUT2D eigenvalue weighted by Crippen LogP contribution is -2.23. The number of nitrogens with one attached hydrogen (secondary N) is 1. The number of rotatable bonds is 5. The maximum Gasteiger partial charge on any atom is 0.272 e. The van der Waals surface area contributed by atoms with Crippen LogP contribution in [0.1, 0.15) is 16.2 Å². The summed E-state index contributed by atoms with van der Waals surface area (Å²) in [7, 11) is 0. The Morgan fingerprint density at radius 1 is 0.839 bits per heavy atom. The van der Waals surface area contributed by atoms with Crippen molar-refractivity contribution in [2.75, 3.05) is 0 Å². The van der Waals surface area contributed by atoms with Crippen molar-refractivity contribution >= 4 is 11.6 Å². The van der Waals surface area contributed by atoms with Crippen LogP contribution in [0.3, 0.4) is 0 Å². The van der Waals surface area contributed by atoms with Crippen molar-refractivity contribution in [2.45, 2.75) is 6.54 Å². The Bertz CT molecular complexity index is 1330. The summed E-state index contributed by atoms with van der Waals surface area (Å²) in [5, 5.41) is 7.43. The molecule has 1 amide bonds. The summed E-state index contributed by atoms with van der Waals surface area (Å²) in [4.78, 5) is 21.7. The molecule has 6 heteroatoms. The number of amides is 1. The maximum atomic E-state index is 12.7. The van der Waals surface area contributed by atoms with Gasteiger partial charge in [0.05, 0.1) is 23.6 Å². The van der Waals surface area contributed by atoms with E-state index in [4.69, 9.17) is 4.98 Å². The Balaban J connectivity index is 1.55. The third-order valence-corrected chi connectivity index (χ3v) is 4.96. The highest BCUT2D eigenvalue weighted by atomic mass is 16.1. The van der Waals surface area contributed by atoms with E-state index in [1.165, 1.54) is 0 Å². The Hall–Kier alpha value is -4.32. The summed E-state index contributed by atoms with van der Waals surface area (Å²) >= 11 is 0. The third kappa shape index (κ3) is 3.91. The summed E-state index contributed by atoms with van der Waals surface area (Å²) in [5.74, 6) is -0.267. The molecule has 0 spiro atoms. The van der Waals surface area contributed by atoms with Crippen LogP contribution in [0.4, 0.5) is 0 Å². The van der Waals surface area contributed by atoms with Gasteiger partial charge in [-0.05, 0) is 18.2 Å². The Kier molecular flexibility index (Phi) is 4.94. The van der Waals surface area contributed by atoms with Crippen molar-refractivity contribution in [3.05, 3.63) is 109 Å². The van der Waals surface area contributed by atoms with E-state index in [2.05, 4.69) is 15.4 Å². The number of fused-ring (bicyclic) bond motifs is 1. The summed E-state index contributed by atoms with van der Waals surface area (Å²) in [6.45, 7) is 0.335. The molecule has 2 aromatic carbocycles. The van der Waals surface area contributed by atoms with Gasteiger partial charge in [-0.3, -0.25) is 9.78 Å². The molecule has 31 heavy (non-hydrogen) atoms. The summed E-state index contributed by atoms with van der Waals surface area (Å²) in [6.07, 6.45) is 1.70. The first kappa shape index (κ1) is 18.7. The van der Waals surface area contributed by atoms with Crippen LogP contribution in [0.5, 0.6) is 0 Å². The molecule has 5 aromatic rings. The monoisotopic (exact) mass is 405 g/mol. The van der Waals surface area contributed by atoms with Crippen molar-refractivity contribution in [2.24, 2.45) is 0 Å². The second-order valence-electron chi connectivity index (χ2n) is 7.06. The minimum absolute atomic E-state index is 0.267. The van der Waals surface area contributed by atoms with Gasteiger partial charge in [-0.15, -0.1) is 0 Å². The van der Waals surface area contributed by atoms with Gasteiger partial charge in [0.1, 0.15) is 0 Å². The minimum Gasteiger partial charge on any atom is -0.345 e. The third-order valence-electron chi connectivity index (χ3n) is 4.96. The van der Waals surface area contributed by atoms with Crippen LogP contribution in [0.25, 0.3) is 28.2 Å². The molecule has 0 saturated carbocycles. The maximum absolute atomic E-state index is 12.7. The molecule has 5 rings (SSSR count). The van der Waals surface area contributed by atoms with E-state index in [1.54, 1.807) is 16.8 Å². The fraction of sp³-hybridized carbons (Fsp3) is 0.0400. The first-order chi connectivity index (χ1) is 15.3. The van der Waals surface area contributed by atoms with Crippen LogP contribution in [0, 0.1) is 0 Å². The zero-order valence-electron chi connectivity index (χ0n) is 16.6. The summed E-state index contributed by atoms with van der Waals surface area (Å²) in [6, 6.07) is 29.3. The summed E-state index contributed by atoms with van der Waals surface area (Å²) in [5.41, 5.74) is 5.41. The zero-order chi connectivity index (χ0) is 21.0. The highest BCUT2D eigenvalue weighted by molar-refractivity contribution is 5.93. The number of nitrogens with zero attached hydrogens (tertiary/aromatic N) is 4. The fourth-order valence-electron chi connectivity index (χ4n) is 3.42. The lowest BCUT2D eigenvalue weighted by Gasteiger charge is -2.08. The topological polar surface area (TPSA) is 72.2 Å². The van der Waals surface area contributed by atoms with E-state index >= 15 is 0 Å². The predicted octanol–water partition coefficient (Wildman–Crippen LogP) is 4.39. The van der Waals surface area contributed by atoms with Crippen molar-refractivity contribution in [1.82, 2.24) is 24.9 Å². The van der Waals surface area contributed by atoms with E-state index in [1.807, 2.05) is 84.9 Å². The van der Waals surface area contributed by atoms with Crippen LogP contribution in [-0.2, 0) is 6.54 Å². The van der Waals surface area contributed by atoms with E-state index in [0.29, 0.717) is 17.9 Å². The van der Waals surface area contributed by atoms with Gasteiger partial charge in [0, 0.05) is 23.4 Å². The Morgan fingerprint density at radius 2 is 1.55 bits per heavy atom. The van der Waals surface area contributed by atoms with Gasteiger partial charge >= 0.3 is 0 Å². The first-order valence-corrected chi connectivity index (χ1v) is 9.98. The van der Waals surface area contributed by atoms with Gasteiger partial charge in [-0.1, -0.05) is 66.7 Å². The lowest BCUT2D eigenvalue weighted by molar-refractivity contribution is 0.0945. The molecule has 1 N–H and O–H groups in total. The molecule has 0 fully saturated rings. The molecule has 3 heterocycles. The van der Waals surface area contributed by atoms with Crippen molar-refractivity contribution in [3.8, 4) is 22.5 Å². The highest BCUT2D eigenvalue weighted by Gasteiger charge is 2.16. The second-order valence-corrected chi connectivity index (χ2v) is 7.06. The average Bonchev–Trinajstić information content (AvgIpc) is 3.28. The van der Waals surface area contributed by atoms with E-state index in [9.17, 15) is 4.79 Å². The van der Waals surface area contributed by atoms with Gasteiger partial charge in [-0.25, -0.2) is 9.50 Å². The van der Waals surface area contributed by atoms with Gasteiger partial charge in [0.15, 0.2) is 11.3 Å². The minimum atomic E-state index is -0.267. The lowest BCUT2D eigenvalue weighted by atomic mass is 10.1. The normalized spacial score (nSPS) is 10.8. The SMILES string of the molecule is O=C(NCc1ccccn1)c1cc2nc(-c3ccccc3)cc(-c3ccccc3)n2n1. The second kappa shape index (κ2) is 8.20. The highest BCUT2D eigenvalue weighted by Crippen LogP contribution is 2.26. The van der Waals surface area contributed by atoms with Crippen molar-refractivity contribution in [3.63, 3.8) is 0 Å². The molecule has 150 valence electrons. The molecule has 3 aromatic heterocycles. The van der Waals surface area contributed by atoms with Crippen molar-refractivity contribution < 1.29 is 4.79 Å². The largest absolute Gasteiger partial charge is 0.345 e. The van der Waals surface area contributed by atoms with Crippen LogP contribution < -0.4 is 5.32 Å². The number of carbonyl (C=O) groups excluding carboxylic acids is 1. The van der Waals surface area contributed by atoms with Gasteiger partial charge in [0.25, 0.3) is 5.91 Å². The molecule has 0 aliphatic heterocycles. The zero-order valence-corrected chi connectivity index (χ0v) is 16.6. The fourth-order valence-corrected chi connectivity index (χ4v) is 3.42. The number of benzene rings is 2. The molecule has 0 radical (unpaired) electrons. The molecule has 0 saturated heterocycles. The molecular weight excluding hydrogens is 386 g/mol. The molecular formula is C25H19N5O. The van der Waals surface area contributed by atoms with Crippen LogP contribution in [0.2, 0.25) is 0 Å². The predicted molar refractivity (Wildman–Crippen MR) is 119 cm³/mol. The van der Waals surface area contributed by atoms with Crippen LogP contribution >= 0.6 is 0 Å². The standard InChI is InChI=1S/C25H19N5O/c31-25(27-17-20-13-7-8-14-26-20)22-16-24-28-21(18-9-3-1-4-10-18)15-23(30(24)29-22)19-11-5-2-6-12-19/h1-16H,17H2,(H,27,31). The van der Waals surface area contributed by atoms with E-state index < -0.39 is 0 Å². The van der Waals surface area contributed by atoms with Crippen molar-refractivity contribution in [1.29, 1.82) is 0 Å². The Morgan fingerprint density at radius 3 is 2.26 bits per heavy atom. The number of aromatic nitrogens is 4.